The summed E-state index contributed by atoms with van der Waals surface area (Å²) < 4.78 is 11.0. The first-order valence-electron chi connectivity index (χ1n) is 8.22. The molecule has 126 valence electrons. The Morgan fingerprint density at radius 2 is 2.09 bits per heavy atom. The lowest BCUT2D eigenvalue weighted by molar-refractivity contribution is 0.0954. The smallest absolute Gasteiger partial charge is 0.271 e. The molecule has 0 unspecified atom stereocenters. The molecule has 0 saturated heterocycles. The van der Waals surface area contributed by atoms with Gasteiger partial charge in [-0.05, 0) is 57.2 Å². The Morgan fingerprint density at radius 1 is 1.30 bits per heavy atom. The standard InChI is InChI=1S/C18H26N2O3/c1-12(2)23-16-10-9-14(11-17(16)22-4)18(21)20-19-15-8-6-5-7-13(15)3/h9-13H,5-8H2,1-4H3,(H,20,21)/b19-15-/t13-/m0/s1. The van der Waals surface area contributed by atoms with Gasteiger partial charge in [0.1, 0.15) is 0 Å². The van der Waals surface area contributed by atoms with E-state index in [9.17, 15) is 4.79 Å². The fourth-order valence-electron chi connectivity index (χ4n) is 2.68. The van der Waals surface area contributed by atoms with E-state index >= 15 is 0 Å². The molecule has 0 radical (unpaired) electrons. The second-order valence-electron chi connectivity index (χ2n) is 6.22. The van der Waals surface area contributed by atoms with Crippen molar-refractivity contribution in [1.82, 2.24) is 5.43 Å². The third-order valence-corrected chi connectivity index (χ3v) is 3.98. The Morgan fingerprint density at radius 3 is 2.74 bits per heavy atom. The quantitative estimate of drug-likeness (QED) is 0.841. The number of nitrogens with one attached hydrogen (secondary N) is 1. The van der Waals surface area contributed by atoms with Crippen LogP contribution >= 0.6 is 0 Å². The van der Waals surface area contributed by atoms with Gasteiger partial charge in [-0.15, -0.1) is 0 Å². The summed E-state index contributed by atoms with van der Waals surface area (Å²) in [6.45, 7) is 6.05. The summed E-state index contributed by atoms with van der Waals surface area (Å²) in [5.41, 5.74) is 4.25. The van der Waals surface area contributed by atoms with E-state index in [-0.39, 0.29) is 12.0 Å². The zero-order chi connectivity index (χ0) is 16.8. The number of hydrogen-bond donors (Lipinski definition) is 1. The molecule has 23 heavy (non-hydrogen) atoms. The highest BCUT2D eigenvalue weighted by atomic mass is 16.5. The second-order valence-corrected chi connectivity index (χ2v) is 6.22. The zero-order valence-corrected chi connectivity index (χ0v) is 14.4. The Balaban J connectivity index is 2.08. The molecule has 1 N–H and O–H groups in total. The minimum atomic E-state index is -0.232. The lowest BCUT2D eigenvalue weighted by Crippen LogP contribution is -2.24. The van der Waals surface area contributed by atoms with Crippen molar-refractivity contribution >= 4 is 11.6 Å². The molecule has 1 aliphatic rings. The molecule has 2 rings (SSSR count). The molecule has 0 spiro atoms. The normalized spacial score (nSPS) is 19.7. The van der Waals surface area contributed by atoms with Gasteiger partial charge < -0.3 is 9.47 Å². The number of carbonyl (C=O) groups excluding carboxylic acids is 1. The number of methoxy groups -OCH3 is 1. The third-order valence-electron chi connectivity index (χ3n) is 3.98. The fourth-order valence-corrected chi connectivity index (χ4v) is 2.68. The van der Waals surface area contributed by atoms with E-state index in [1.54, 1.807) is 25.3 Å². The first-order valence-corrected chi connectivity index (χ1v) is 8.22. The molecule has 5 heteroatoms. The summed E-state index contributed by atoms with van der Waals surface area (Å²) in [6, 6.07) is 5.15. The van der Waals surface area contributed by atoms with Crippen LogP contribution in [0.4, 0.5) is 0 Å². The van der Waals surface area contributed by atoms with Gasteiger partial charge in [-0.1, -0.05) is 13.3 Å². The summed E-state index contributed by atoms with van der Waals surface area (Å²) in [6.07, 6.45) is 4.54. The lowest BCUT2D eigenvalue weighted by Gasteiger charge is -2.19. The highest BCUT2D eigenvalue weighted by Crippen LogP contribution is 2.29. The maximum atomic E-state index is 12.3. The van der Waals surface area contributed by atoms with Gasteiger partial charge in [-0.2, -0.15) is 5.10 Å². The summed E-state index contributed by atoms with van der Waals surface area (Å²) in [4.78, 5) is 12.3. The van der Waals surface area contributed by atoms with Crippen LogP contribution in [0.1, 0.15) is 56.8 Å². The molecule has 1 atom stereocenters. The van der Waals surface area contributed by atoms with Crippen molar-refractivity contribution in [3.63, 3.8) is 0 Å². The van der Waals surface area contributed by atoms with Crippen LogP contribution in [-0.2, 0) is 0 Å². The van der Waals surface area contributed by atoms with E-state index in [2.05, 4.69) is 17.5 Å². The molecule has 1 aromatic rings. The first-order chi connectivity index (χ1) is 11.0. The zero-order valence-electron chi connectivity index (χ0n) is 14.4. The molecule has 1 fully saturated rings. The number of hydrazone groups is 1. The minimum absolute atomic E-state index is 0.0442. The number of hydrogen-bond acceptors (Lipinski definition) is 4. The Kier molecular flexibility index (Phi) is 6.02. The van der Waals surface area contributed by atoms with Crippen LogP contribution in [0.15, 0.2) is 23.3 Å². The SMILES string of the molecule is COc1cc(C(=O)N/N=C2/CCCC[C@@H]2C)ccc1OC(C)C. The summed E-state index contributed by atoms with van der Waals surface area (Å²) in [5, 5.41) is 4.31. The molecule has 1 amide bonds. The summed E-state index contributed by atoms with van der Waals surface area (Å²) in [7, 11) is 1.56. The van der Waals surface area contributed by atoms with Crippen molar-refractivity contribution < 1.29 is 14.3 Å². The van der Waals surface area contributed by atoms with Crippen LogP contribution in [0.3, 0.4) is 0 Å². The van der Waals surface area contributed by atoms with E-state index in [0.29, 0.717) is 23.0 Å². The van der Waals surface area contributed by atoms with Crippen molar-refractivity contribution in [2.75, 3.05) is 7.11 Å². The summed E-state index contributed by atoms with van der Waals surface area (Å²) >= 11 is 0. The molecule has 0 heterocycles. The van der Waals surface area contributed by atoms with Gasteiger partial charge in [0.05, 0.1) is 13.2 Å². The molecule has 5 nitrogen and oxygen atoms in total. The van der Waals surface area contributed by atoms with Crippen LogP contribution in [-0.4, -0.2) is 24.8 Å². The van der Waals surface area contributed by atoms with Gasteiger partial charge in [-0.3, -0.25) is 4.79 Å². The Labute approximate surface area is 138 Å². The van der Waals surface area contributed by atoms with Crippen molar-refractivity contribution in [3.05, 3.63) is 23.8 Å². The summed E-state index contributed by atoms with van der Waals surface area (Å²) in [5.74, 6) is 1.39. The molecule has 1 aromatic carbocycles. The molecule has 0 aromatic heterocycles. The van der Waals surface area contributed by atoms with Crippen LogP contribution < -0.4 is 14.9 Å². The van der Waals surface area contributed by atoms with Gasteiger partial charge in [0.15, 0.2) is 11.5 Å². The number of amides is 1. The number of benzene rings is 1. The number of rotatable bonds is 5. The average molecular weight is 318 g/mol. The van der Waals surface area contributed by atoms with Gasteiger partial charge in [0.25, 0.3) is 5.91 Å². The monoisotopic (exact) mass is 318 g/mol. The topological polar surface area (TPSA) is 59.9 Å². The van der Waals surface area contributed by atoms with Gasteiger partial charge in [-0.25, -0.2) is 5.43 Å². The van der Waals surface area contributed by atoms with E-state index in [1.165, 1.54) is 6.42 Å². The van der Waals surface area contributed by atoms with Gasteiger partial charge in [0.2, 0.25) is 0 Å². The number of carbonyl (C=O) groups is 1. The Bertz CT molecular complexity index is 582. The molecular weight excluding hydrogens is 292 g/mol. The van der Waals surface area contributed by atoms with Crippen molar-refractivity contribution in [3.8, 4) is 11.5 Å². The first kappa shape index (κ1) is 17.3. The molecule has 1 aliphatic carbocycles. The molecule has 1 saturated carbocycles. The second kappa shape index (κ2) is 7.99. The van der Waals surface area contributed by atoms with Crippen molar-refractivity contribution in [2.45, 2.75) is 52.6 Å². The average Bonchev–Trinajstić information content (AvgIpc) is 2.53. The van der Waals surface area contributed by atoms with E-state index < -0.39 is 0 Å². The highest BCUT2D eigenvalue weighted by Gasteiger charge is 2.17. The van der Waals surface area contributed by atoms with Crippen LogP contribution in [0.2, 0.25) is 0 Å². The van der Waals surface area contributed by atoms with Crippen molar-refractivity contribution in [2.24, 2.45) is 11.0 Å². The highest BCUT2D eigenvalue weighted by molar-refractivity contribution is 5.96. The van der Waals surface area contributed by atoms with Crippen molar-refractivity contribution in [1.29, 1.82) is 0 Å². The maximum absolute atomic E-state index is 12.3. The largest absolute Gasteiger partial charge is 0.493 e. The lowest BCUT2D eigenvalue weighted by atomic mass is 9.89. The van der Waals surface area contributed by atoms with Gasteiger partial charge in [0, 0.05) is 11.3 Å². The number of ether oxygens (including phenoxy) is 2. The van der Waals surface area contributed by atoms with Crippen LogP contribution in [0, 0.1) is 5.92 Å². The minimum Gasteiger partial charge on any atom is -0.493 e. The van der Waals surface area contributed by atoms with E-state index in [4.69, 9.17) is 9.47 Å². The van der Waals surface area contributed by atoms with Crippen LogP contribution in [0.25, 0.3) is 0 Å². The predicted octanol–water partition coefficient (Wildman–Crippen LogP) is 3.78. The fraction of sp³-hybridized carbons (Fsp3) is 0.556. The number of nitrogens with zero attached hydrogens (tertiary/aromatic N) is 1. The molecular formula is C18H26N2O3. The van der Waals surface area contributed by atoms with E-state index in [0.717, 1.165) is 25.0 Å². The maximum Gasteiger partial charge on any atom is 0.271 e. The van der Waals surface area contributed by atoms with Gasteiger partial charge >= 0.3 is 0 Å². The van der Waals surface area contributed by atoms with E-state index in [1.807, 2.05) is 13.8 Å². The third kappa shape index (κ3) is 4.71. The van der Waals surface area contributed by atoms with Crippen LogP contribution in [0.5, 0.6) is 11.5 Å². The Hall–Kier alpha value is -2.04. The predicted molar refractivity (Wildman–Crippen MR) is 91.3 cm³/mol. The molecule has 0 bridgehead atoms. The molecule has 0 aliphatic heterocycles.